The Morgan fingerprint density at radius 3 is 1.52 bits per heavy atom. The van der Waals surface area contributed by atoms with Crippen molar-refractivity contribution in [1.82, 2.24) is 0 Å². The predicted octanol–water partition coefficient (Wildman–Crippen LogP) is 4.82. The highest BCUT2D eigenvalue weighted by Crippen LogP contribution is 2.34. The molecule has 0 fully saturated rings. The summed E-state index contributed by atoms with van der Waals surface area (Å²) in [5.74, 6) is 0. The Bertz CT molecular complexity index is 525. The van der Waals surface area contributed by atoms with Crippen molar-refractivity contribution < 1.29 is 0 Å². The van der Waals surface area contributed by atoms with Crippen molar-refractivity contribution in [2.45, 2.75) is 31.6 Å². The van der Waals surface area contributed by atoms with Crippen LogP contribution in [0.15, 0.2) is 60.7 Å². The van der Waals surface area contributed by atoms with Crippen molar-refractivity contribution in [1.29, 1.82) is 0 Å². The predicted molar refractivity (Wildman–Crippen MR) is 101 cm³/mol. The molecule has 1 unspecified atom stereocenters. The Hall–Kier alpha value is -0.546. The van der Waals surface area contributed by atoms with E-state index in [0.717, 1.165) is 6.04 Å². The third-order valence-electron chi connectivity index (χ3n) is 3.86. The normalized spacial score (nSPS) is 14.0. The first kappa shape index (κ1) is 16.8. The average Bonchev–Trinajstić information content (AvgIpc) is 2.46. The number of rotatable bonds is 5. The van der Waals surface area contributed by atoms with Gasteiger partial charge in [-0.25, -0.2) is 0 Å². The molecule has 0 aromatic heterocycles. The quantitative estimate of drug-likeness (QED) is 0.534. The van der Waals surface area contributed by atoms with Gasteiger partial charge in [0.1, 0.15) is 0 Å². The zero-order valence-electron chi connectivity index (χ0n) is 12.8. The van der Waals surface area contributed by atoms with Crippen molar-refractivity contribution in [2.24, 2.45) is 0 Å². The van der Waals surface area contributed by atoms with Gasteiger partial charge in [-0.3, -0.25) is 0 Å². The molecular formula is C17H22Cl2Si2. The van der Waals surface area contributed by atoms with E-state index < -0.39 is 14.8 Å². The highest BCUT2D eigenvalue weighted by atomic mass is 35.6. The van der Waals surface area contributed by atoms with Gasteiger partial charge in [0, 0.05) is 0 Å². The minimum atomic E-state index is -2.29. The Morgan fingerprint density at radius 2 is 1.19 bits per heavy atom. The van der Waals surface area contributed by atoms with Gasteiger partial charge < -0.3 is 0 Å². The Kier molecular flexibility index (Phi) is 5.36. The topological polar surface area (TPSA) is 0 Å². The number of hydrogen-bond acceptors (Lipinski definition) is 0. The third kappa shape index (κ3) is 4.01. The van der Waals surface area contributed by atoms with E-state index in [9.17, 15) is 0 Å². The van der Waals surface area contributed by atoms with Crippen LogP contribution in [0.4, 0.5) is 0 Å². The summed E-state index contributed by atoms with van der Waals surface area (Å²) in [6, 6.07) is 22.1. The summed E-state index contributed by atoms with van der Waals surface area (Å²) in [4.78, 5) is 0. The first-order chi connectivity index (χ1) is 9.84. The second-order valence-corrected chi connectivity index (χ2v) is 18.5. The highest BCUT2D eigenvalue weighted by Gasteiger charge is 2.43. The lowest BCUT2D eigenvalue weighted by Gasteiger charge is -2.34. The zero-order chi connectivity index (χ0) is 15.5. The average molecular weight is 353 g/mol. The number of benzene rings is 2. The van der Waals surface area contributed by atoms with Gasteiger partial charge in [0.2, 0.25) is 7.38 Å². The molecule has 0 aliphatic carbocycles. The van der Waals surface area contributed by atoms with E-state index >= 15 is 0 Å². The molecule has 0 aliphatic rings. The largest absolute Gasteiger partial charge is 0.219 e. The lowest BCUT2D eigenvalue weighted by molar-refractivity contribution is 1.02. The number of halogens is 2. The first-order valence-corrected chi connectivity index (χ1v) is 14.6. The second kappa shape index (κ2) is 6.70. The molecule has 0 nitrogen and oxygen atoms in total. The van der Waals surface area contributed by atoms with Crippen LogP contribution in [0.2, 0.25) is 24.7 Å². The van der Waals surface area contributed by atoms with Crippen molar-refractivity contribution >= 4 is 47.3 Å². The van der Waals surface area contributed by atoms with Crippen LogP contribution in [0.3, 0.4) is 0 Å². The highest BCUT2D eigenvalue weighted by molar-refractivity contribution is 7.35. The van der Waals surface area contributed by atoms with Gasteiger partial charge in [-0.1, -0.05) is 80.7 Å². The van der Waals surface area contributed by atoms with E-state index in [1.54, 1.807) is 0 Å². The van der Waals surface area contributed by atoms with Gasteiger partial charge in [-0.15, -0.1) is 0 Å². The summed E-state index contributed by atoms with van der Waals surface area (Å²) in [6.45, 7) is 6.68. The molecule has 0 saturated carbocycles. The molecule has 0 heterocycles. The fourth-order valence-corrected chi connectivity index (χ4v) is 12.4. The Morgan fingerprint density at radius 1 is 0.810 bits per heavy atom. The molecule has 1 atom stereocenters. The van der Waals surface area contributed by atoms with E-state index in [0.29, 0.717) is 5.54 Å². The van der Waals surface area contributed by atoms with E-state index in [4.69, 9.17) is 22.2 Å². The minimum Gasteiger partial charge on any atom is -0.168 e. The SMILES string of the molecule is CC(C[Si](C)(C)Cl)[Si](Cl)(c1ccccc1)c1ccccc1. The molecule has 0 spiro atoms. The maximum absolute atomic E-state index is 7.35. The molecule has 0 radical (unpaired) electrons. The molecule has 2 aromatic rings. The molecular weight excluding hydrogens is 331 g/mol. The summed E-state index contributed by atoms with van der Waals surface area (Å²) in [5, 5.41) is 2.56. The standard InChI is InChI=1S/C17H22Cl2Si2/c1-15(14-20(2,3)18)21(19,16-10-6-4-7-11-16)17-12-8-5-9-13-17/h4-13,15H,14H2,1-3H3. The smallest absolute Gasteiger partial charge is 0.168 e. The van der Waals surface area contributed by atoms with Crippen LogP contribution < -0.4 is 10.4 Å². The molecule has 0 saturated heterocycles. The van der Waals surface area contributed by atoms with Crippen molar-refractivity contribution in [3.8, 4) is 0 Å². The maximum atomic E-state index is 7.35. The Balaban J connectivity index is 2.50. The summed E-state index contributed by atoms with van der Waals surface area (Å²) < 4.78 is 0. The molecule has 0 aliphatic heterocycles. The monoisotopic (exact) mass is 352 g/mol. The van der Waals surface area contributed by atoms with Crippen LogP contribution in [-0.2, 0) is 0 Å². The zero-order valence-corrected chi connectivity index (χ0v) is 16.3. The van der Waals surface area contributed by atoms with Crippen LogP contribution in [0, 0.1) is 0 Å². The maximum Gasteiger partial charge on any atom is 0.219 e. The van der Waals surface area contributed by atoms with Crippen LogP contribution in [-0.4, -0.2) is 14.8 Å². The molecule has 112 valence electrons. The summed E-state index contributed by atoms with van der Waals surface area (Å²) >= 11 is 14.0. The lowest BCUT2D eigenvalue weighted by atomic mass is 10.4. The molecule has 2 rings (SSSR count). The van der Waals surface area contributed by atoms with Gasteiger partial charge in [-0.05, 0) is 22.0 Å². The molecule has 0 N–H and O–H groups in total. The fourth-order valence-electron chi connectivity index (χ4n) is 2.97. The third-order valence-corrected chi connectivity index (χ3v) is 12.6. The molecule has 0 bridgehead atoms. The van der Waals surface area contributed by atoms with Gasteiger partial charge in [0.15, 0.2) is 7.38 Å². The Labute approximate surface area is 139 Å². The van der Waals surface area contributed by atoms with Gasteiger partial charge >= 0.3 is 0 Å². The summed E-state index contributed by atoms with van der Waals surface area (Å²) in [5.41, 5.74) is 0.406. The summed E-state index contributed by atoms with van der Waals surface area (Å²) in [7, 11) is -3.97. The van der Waals surface area contributed by atoms with Crippen molar-refractivity contribution in [3.63, 3.8) is 0 Å². The molecule has 4 heteroatoms. The molecule has 21 heavy (non-hydrogen) atoms. The van der Waals surface area contributed by atoms with Crippen molar-refractivity contribution in [2.75, 3.05) is 0 Å². The van der Waals surface area contributed by atoms with Crippen LogP contribution in [0.5, 0.6) is 0 Å². The van der Waals surface area contributed by atoms with E-state index in [1.807, 2.05) is 12.1 Å². The van der Waals surface area contributed by atoms with Gasteiger partial charge in [-0.2, -0.15) is 22.2 Å². The van der Waals surface area contributed by atoms with E-state index in [-0.39, 0.29) is 0 Å². The van der Waals surface area contributed by atoms with Gasteiger partial charge in [0.25, 0.3) is 0 Å². The van der Waals surface area contributed by atoms with Crippen molar-refractivity contribution in [3.05, 3.63) is 60.7 Å². The number of hydrogen-bond donors (Lipinski definition) is 0. The molecule has 2 aromatic carbocycles. The van der Waals surface area contributed by atoms with E-state index in [1.165, 1.54) is 10.4 Å². The molecule has 0 amide bonds. The first-order valence-electron chi connectivity index (χ1n) is 7.33. The van der Waals surface area contributed by atoms with E-state index in [2.05, 4.69) is 68.5 Å². The van der Waals surface area contributed by atoms with Crippen LogP contribution >= 0.6 is 22.2 Å². The van der Waals surface area contributed by atoms with Gasteiger partial charge in [0.05, 0.1) is 0 Å². The van der Waals surface area contributed by atoms with Crippen LogP contribution in [0.1, 0.15) is 6.92 Å². The fraction of sp³-hybridized carbons (Fsp3) is 0.294. The lowest BCUT2D eigenvalue weighted by Crippen LogP contribution is -2.57. The summed E-state index contributed by atoms with van der Waals surface area (Å²) in [6.07, 6.45) is 0. The van der Waals surface area contributed by atoms with Crippen LogP contribution in [0.25, 0.3) is 0 Å². The minimum absolute atomic E-state index is 0.406. The second-order valence-electron chi connectivity index (χ2n) is 6.27.